The summed E-state index contributed by atoms with van der Waals surface area (Å²) >= 11 is -1.57. The van der Waals surface area contributed by atoms with Gasteiger partial charge in [0.05, 0.1) is 0 Å². The molecule has 0 fully saturated rings. The fraction of sp³-hybridized carbons (Fsp3) is 0.214. The molecule has 0 radical (unpaired) electrons. The van der Waals surface area contributed by atoms with Gasteiger partial charge in [0.25, 0.3) is 0 Å². The molecule has 1 heterocycles. The average molecular weight is 274 g/mol. The minimum absolute atomic E-state index is 0.287. The molecule has 2 aromatic rings. The van der Waals surface area contributed by atoms with E-state index in [0.29, 0.717) is 12.3 Å². The van der Waals surface area contributed by atoms with Crippen LogP contribution in [0.25, 0.3) is 10.8 Å². The van der Waals surface area contributed by atoms with Crippen molar-refractivity contribution >= 4 is 27.9 Å². The quantitative estimate of drug-likeness (QED) is 0.936. The second-order valence-electron chi connectivity index (χ2n) is 4.65. The summed E-state index contributed by atoms with van der Waals surface area (Å²) in [4.78, 5) is 0. The van der Waals surface area contributed by atoms with Crippen LogP contribution in [0, 0.1) is 0 Å². The maximum atomic E-state index is 11.0. The lowest BCUT2D eigenvalue weighted by Gasteiger charge is -2.12. The van der Waals surface area contributed by atoms with E-state index in [1.165, 1.54) is 16.3 Å². The van der Waals surface area contributed by atoms with Gasteiger partial charge in [0.15, 0.2) is 0 Å². The van der Waals surface area contributed by atoms with Crippen LogP contribution in [-0.2, 0) is 15.6 Å². The summed E-state index contributed by atoms with van der Waals surface area (Å²) in [6, 6.07) is 14.7. The third kappa shape index (κ3) is 2.67. The lowest BCUT2D eigenvalue weighted by atomic mass is 9.95. The third-order valence-electron chi connectivity index (χ3n) is 3.26. The largest absolute Gasteiger partial charge is 0.309 e. The van der Waals surface area contributed by atoms with Gasteiger partial charge in [-0.05, 0) is 22.3 Å². The zero-order chi connectivity index (χ0) is 13.2. The van der Waals surface area contributed by atoms with Crippen LogP contribution < -0.4 is 5.48 Å². The van der Waals surface area contributed by atoms with E-state index in [2.05, 4.69) is 47.1 Å². The van der Waals surface area contributed by atoms with Crippen molar-refractivity contribution in [1.29, 1.82) is 0 Å². The molecule has 0 aliphatic carbocycles. The number of fused-ring (bicyclic) bond motifs is 1. The van der Waals surface area contributed by atoms with Gasteiger partial charge in [-0.1, -0.05) is 49.4 Å². The van der Waals surface area contributed by atoms with E-state index in [4.69, 9.17) is 4.28 Å². The first kappa shape index (κ1) is 12.3. The lowest BCUT2D eigenvalue weighted by molar-refractivity contribution is 0.302. The highest BCUT2D eigenvalue weighted by Gasteiger charge is 2.17. The second-order valence-corrected chi connectivity index (χ2v) is 5.44. The number of hydrogen-bond acceptors (Lipinski definition) is 3. The van der Waals surface area contributed by atoms with Gasteiger partial charge in [0.1, 0.15) is 5.84 Å². The summed E-state index contributed by atoms with van der Waals surface area (Å²) in [5.41, 5.74) is 3.83. The van der Waals surface area contributed by atoms with Crippen molar-refractivity contribution in [2.75, 3.05) is 0 Å². The average Bonchev–Trinajstić information content (AvgIpc) is 2.83. The van der Waals surface area contributed by atoms with Crippen LogP contribution in [0.5, 0.6) is 0 Å². The summed E-state index contributed by atoms with van der Waals surface area (Å²) in [7, 11) is 0. The van der Waals surface area contributed by atoms with Crippen molar-refractivity contribution in [3.8, 4) is 0 Å². The topological polar surface area (TPSA) is 50.7 Å². The standard InChI is InChI=1S/C14H14N2O2S/c1-10(8-14-15-18-19(17)16-14)12-7-6-11-4-2-3-5-13(11)9-12/h2-7,9-10H,8H2,1H3,(H,15,16). The van der Waals surface area contributed by atoms with E-state index >= 15 is 0 Å². The van der Waals surface area contributed by atoms with Crippen LogP contribution in [0.1, 0.15) is 24.8 Å². The molecule has 98 valence electrons. The number of benzene rings is 2. The van der Waals surface area contributed by atoms with E-state index < -0.39 is 11.3 Å². The van der Waals surface area contributed by atoms with E-state index in [1.54, 1.807) is 0 Å². The number of nitrogens with zero attached hydrogens (tertiary/aromatic N) is 1. The molecular weight excluding hydrogens is 260 g/mol. The summed E-state index contributed by atoms with van der Waals surface area (Å²) in [5.74, 6) is 0.925. The molecule has 2 atom stereocenters. The van der Waals surface area contributed by atoms with Crippen molar-refractivity contribution in [2.45, 2.75) is 19.3 Å². The van der Waals surface area contributed by atoms with Crippen LogP contribution >= 0.6 is 0 Å². The Hall–Kier alpha value is -1.72. The van der Waals surface area contributed by atoms with Gasteiger partial charge >= 0.3 is 11.3 Å². The summed E-state index contributed by atoms with van der Waals surface area (Å²) in [6.45, 7) is 2.12. The van der Waals surface area contributed by atoms with Crippen LogP contribution in [0.3, 0.4) is 0 Å². The molecular formula is C14H14N2O2S. The van der Waals surface area contributed by atoms with Gasteiger partial charge in [-0.2, -0.15) is 4.28 Å². The number of rotatable bonds is 3. The lowest BCUT2D eigenvalue weighted by Crippen LogP contribution is -2.18. The van der Waals surface area contributed by atoms with Gasteiger partial charge in [0.2, 0.25) is 0 Å². The van der Waals surface area contributed by atoms with Gasteiger partial charge in [-0.3, -0.25) is 0 Å². The van der Waals surface area contributed by atoms with Crippen molar-refractivity contribution in [3.63, 3.8) is 0 Å². The molecule has 0 saturated carbocycles. The zero-order valence-corrected chi connectivity index (χ0v) is 11.3. The van der Waals surface area contributed by atoms with Crippen LogP contribution in [-0.4, -0.2) is 10.0 Å². The molecule has 1 aliphatic heterocycles. The zero-order valence-electron chi connectivity index (χ0n) is 10.5. The highest BCUT2D eigenvalue weighted by atomic mass is 32.2. The van der Waals surface area contributed by atoms with Crippen molar-refractivity contribution in [2.24, 2.45) is 4.40 Å². The predicted octanol–water partition coefficient (Wildman–Crippen LogP) is 2.85. The molecule has 1 N–H and O–H groups in total. The molecule has 3 rings (SSSR count). The SMILES string of the molecule is CC(CC1=NS(=O)ON1)c1ccc2ccccc2c1. The number of hydrogen-bond donors (Lipinski definition) is 1. The minimum atomic E-state index is -1.57. The smallest absolute Gasteiger partial charge is 0.235 e. The van der Waals surface area contributed by atoms with Gasteiger partial charge in [-0.25, -0.2) is 9.69 Å². The Kier molecular flexibility index (Phi) is 3.31. The Balaban J connectivity index is 1.83. The molecule has 4 nitrogen and oxygen atoms in total. The Morgan fingerprint density at radius 1 is 1.26 bits per heavy atom. The number of nitrogens with one attached hydrogen (secondary N) is 1. The molecule has 2 unspecified atom stereocenters. The van der Waals surface area contributed by atoms with Crippen molar-refractivity contribution < 1.29 is 8.49 Å². The highest BCUT2D eigenvalue weighted by Crippen LogP contribution is 2.24. The second kappa shape index (κ2) is 5.11. The molecule has 0 spiro atoms. The Labute approximate surface area is 114 Å². The van der Waals surface area contributed by atoms with E-state index in [-0.39, 0.29) is 5.92 Å². The van der Waals surface area contributed by atoms with E-state index in [9.17, 15) is 4.21 Å². The summed E-state index contributed by atoms with van der Waals surface area (Å²) in [6.07, 6.45) is 0.685. The number of hydroxylamine groups is 1. The van der Waals surface area contributed by atoms with Crippen LogP contribution in [0.15, 0.2) is 46.9 Å². The fourth-order valence-corrected chi connectivity index (χ4v) is 2.71. The maximum Gasteiger partial charge on any atom is 0.309 e. The van der Waals surface area contributed by atoms with E-state index in [0.717, 1.165) is 0 Å². The molecule has 2 aromatic carbocycles. The van der Waals surface area contributed by atoms with Crippen LogP contribution in [0.4, 0.5) is 0 Å². The normalized spacial score (nSPS) is 20.1. The molecule has 5 heteroatoms. The molecule has 0 amide bonds. The molecule has 0 bridgehead atoms. The van der Waals surface area contributed by atoms with Crippen molar-refractivity contribution in [1.82, 2.24) is 5.48 Å². The van der Waals surface area contributed by atoms with Crippen LogP contribution in [0.2, 0.25) is 0 Å². The minimum Gasteiger partial charge on any atom is -0.235 e. The third-order valence-corrected chi connectivity index (χ3v) is 3.85. The monoisotopic (exact) mass is 274 g/mol. The Bertz CT molecular complexity index is 669. The fourth-order valence-electron chi connectivity index (χ4n) is 2.21. The first-order valence-electron chi connectivity index (χ1n) is 6.14. The van der Waals surface area contributed by atoms with E-state index in [1.807, 2.05) is 12.1 Å². The van der Waals surface area contributed by atoms with Crippen molar-refractivity contribution in [3.05, 3.63) is 48.0 Å². The summed E-state index contributed by atoms with van der Waals surface area (Å²) < 4.78 is 19.5. The first-order valence-corrected chi connectivity index (χ1v) is 7.17. The molecule has 0 aromatic heterocycles. The van der Waals surface area contributed by atoms with Gasteiger partial charge in [-0.15, -0.1) is 4.40 Å². The molecule has 19 heavy (non-hydrogen) atoms. The Morgan fingerprint density at radius 2 is 2.05 bits per heavy atom. The van der Waals surface area contributed by atoms with Gasteiger partial charge < -0.3 is 0 Å². The first-order chi connectivity index (χ1) is 9.22. The number of amidine groups is 1. The van der Waals surface area contributed by atoms with Gasteiger partial charge in [0, 0.05) is 6.42 Å². The molecule has 0 saturated heterocycles. The predicted molar refractivity (Wildman–Crippen MR) is 76.8 cm³/mol. The maximum absolute atomic E-state index is 11.0. The highest BCUT2D eigenvalue weighted by molar-refractivity contribution is 7.79. The Morgan fingerprint density at radius 3 is 2.79 bits per heavy atom. The summed E-state index contributed by atoms with van der Waals surface area (Å²) in [5, 5.41) is 2.47. The molecule has 1 aliphatic rings.